The van der Waals surface area contributed by atoms with Crippen LogP contribution in [0.25, 0.3) is 21.9 Å². The standard InChI is InChI=1S/C17H12BrN3O2S/c1-11-2-4-12(5-3-11)24(22,23)21-15-8-9-19-10-14(15)13-6-7-16(18)20-17(13)21/h2-10H,1H3. The predicted molar refractivity (Wildman–Crippen MR) is 96.5 cm³/mol. The molecule has 0 aliphatic heterocycles. The molecule has 0 aliphatic carbocycles. The van der Waals surface area contributed by atoms with Crippen LogP contribution in [0.3, 0.4) is 0 Å². The third-order valence-corrected chi connectivity index (χ3v) is 6.06. The molecule has 0 radical (unpaired) electrons. The quantitative estimate of drug-likeness (QED) is 0.477. The van der Waals surface area contributed by atoms with Gasteiger partial charge in [0.1, 0.15) is 4.60 Å². The highest BCUT2D eigenvalue weighted by atomic mass is 79.9. The second-order valence-electron chi connectivity index (χ2n) is 5.48. The summed E-state index contributed by atoms with van der Waals surface area (Å²) < 4.78 is 28.3. The van der Waals surface area contributed by atoms with Gasteiger partial charge in [-0.05, 0) is 53.2 Å². The lowest BCUT2D eigenvalue weighted by Crippen LogP contribution is -2.13. The van der Waals surface area contributed by atoms with Gasteiger partial charge in [0, 0.05) is 23.2 Å². The lowest BCUT2D eigenvalue weighted by Gasteiger charge is -2.09. The SMILES string of the molecule is Cc1ccc(S(=O)(=O)n2c3ccncc3c3ccc(Br)nc32)cc1. The molecule has 0 fully saturated rings. The second kappa shape index (κ2) is 5.39. The molecule has 0 spiro atoms. The highest BCUT2D eigenvalue weighted by molar-refractivity contribution is 9.10. The van der Waals surface area contributed by atoms with E-state index < -0.39 is 10.0 Å². The number of halogens is 1. The first-order valence-electron chi connectivity index (χ1n) is 7.21. The first kappa shape index (κ1) is 15.3. The first-order valence-corrected chi connectivity index (χ1v) is 9.45. The van der Waals surface area contributed by atoms with E-state index in [1.54, 1.807) is 48.8 Å². The summed E-state index contributed by atoms with van der Waals surface area (Å²) in [7, 11) is -3.78. The zero-order chi connectivity index (χ0) is 16.9. The molecule has 120 valence electrons. The molecule has 0 saturated carbocycles. The summed E-state index contributed by atoms with van der Waals surface area (Å²) in [6.45, 7) is 1.92. The molecular formula is C17H12BrN3O2S. The number of aryl methyl sites for hydroxylation is 1. The van der Waals surface area contributed by atoms with Crippen molar-refractivity contribution in [2.75, 3.05) is 0 Å². The maximum absolute atomic E-state index is 13.2. The van der Waals surface area contributed by atoms with Gasteiger partial charge in [0.25, 0.3) is 10.0 Å². The number of rotatable bonds is 2. The molecule has 0 aliphatic rings. The Bertz CT molecular complexity index is 1180. The van der Waals surface area contributed by atoms with Crippen molar-refractivity contribution in [3.05, 3.63) is 65.0 Å². The molecule has 4 aromatic rings. The Labute approximate surface area is 147 Å². The lowest BCUT2D eigenvalue weighted by atomic mass is 10.2. The molecule has 0 amide bonds. The number of fused-ring (bicyclic) bond motifs is 3. The molecule has 0 saturated heterocycles. The van der Waals surface area contributed by atoms with E-state index in [-0.39, 0.29) is 4.90 Å². The van der Waals surface area contributed by atoms with Crippen LogP contribution in [-0.2, 0) is 10.0 Å². The highest BCUT2D eigenvalue weighted by Gasteiger charge is 2.24. The van der Waals surface area contributed by atoms with Crippen molar-refractivity contribution in [2.45, 2.75) is 11.8 Å². The Morgan fingerprint density at radius 2 is 1.75 bits per heavy atom. The van der Waals surface area contributed by atoms with E-state index in [0.717, 1.165) is 16.3 Å². The third-order valence-electron chi connectivity index (χ3n) is 3.90. The summed E-state index contributed by atoms with van der Waals surface area (Å²) >= 11 is 3.32. The van der Waals surface area contributed by atoms with E-state index in [0.29, 0.717) is 15.8 Å². The van der Waals surface area contributed by atoms with Crippen molar-refractivity contribution < 1.29 is 8.42 Å². The fraction of sp³-hybridized carbons (Fsp3) is 0.0588. The van der Waals surface area contributed by atoms with Crippen molar-refractivity contribution in [1.82, 2.24) is 13.9 Å². The van der Waals surface area contributed by atoms with Gasteiger partial charge in [-0.1, -0.05) is 17.7 Å². The maximum Gasteiger partial charge on any atom is 0.269 e. The summed E-state index contributed by atoms with van der Waals surface area (Å²) in [5, 5.41) is 1.50. The number of hydrogen-bond acceptors (Lipinski definition) is 4. The molecule has 0 N–H and O–H groups in total. The minimum absolute atomic E-state index is 0.227. The summed E-state index contributed by atoms with van der Waals surface area (Å²) in [6.07, 6.45) is 3.24. The molecule has 1 aromatic carbocycles. The van der Waals surface area contributed by atoms with Gasteiger partial charge in [-0.3, -0.25) is 4.98 Å². The Balaban J connectivity index is 2.14. The highest BCUT2D eigenvalue weighted by Crippen LogP contribution is 2.31. The molecule has 0 unspecified atom stereocenters. The number of hydrogen-bond donors (Lipinski definition) is 0. The summed E-state index contributed by atoms with van der Waals surface area (Å²) in [4.78, 5) is 8.74. The van der Waals surface area contributed by atoms with E-state index in [9.17, 15) is 8.42 Å². The average molecular weight is 402 g/mol. The molecule has 0 atom stereocenters. The van der Waals surface area contributed by atoms with Gasteiger partial charge in [-0.2, -0.15) is 0 Å². The Kier molecular flexibility index (Phi) is 3.43. The predicted octanol–water partition coefficient (Wildman–Crippen LogP) is 3.89. The van der Waals surface area contributed by atoms with Crippen LogP contribution in [0.4, 0.5) is 0 Å². The topological polar surface area (TPSA) is 64.8 Å². The molecule has 4 rings (SSSR count). The largest absolute Gasteiger partial charge is 0.269 e. The van der Waals surface area contributed by atoms with Crippen LogP contribution in [0.5, 0.6) is 0 Å². The Hall–Kier alpha value is -2.25. The number of nitrogens with zero attached hydrogens (tertiary/aromatic N) is 3. The summed E-state index contributed by atoms with van der Waals surface area (Å²) in [5.74, 6) is 0. The molecule has 7 heteroatoms. The third kappa shape index (κ3) is 2.23. The van der Waals surface area contributed by atoms with Crippen molar-refractivity contribution in [3.8, 4) is 0 Å². The van der Waals surface area contributed by atoms with Gasteiger partial charge in [0.15, 0.2) is 5.65 Å². The summed E-state index contributed by atoms with van der Waals surface area (Å²) in [5.41, 5.74) is 1.94. The van der Waals surface area contributed by atoms with Crippen LogP contribution < -0.4 is 0 Å². The maximum atomic E-state index is 13.2. The van der Waals surface area contributed by atoms with Crippen LogP contribution in [0.1, 0.15) is 5.56 Å². The van der Waals surface area contributed by atoms with Gasteiger partial charge in [0.05, 0.1) is 10.4 Å². The zero-order valence-corrected chi connectivity index (χ0v) is 15.0. The molecule has 5 nitrogen and oxygen atoms in total. The lowest BCUT2D eigenvalue weighted by molar-refractivity contribution is 0.590. The van der Waals surface area contributed by atoms with Crippen LogP contribution in [-0.4, -0.2) is 22.4 Å². The van der Waals surface area contributed by atoms with Crippen molar-refractivity contribution >= 4 is 47.9 Å². The molecule has 3 heterocycles. The minimum atomic E-state index is -3.78. The smallest absolute Gasteiger partial charge is 0.264 e. The molecule has 0 bridgehead atoms. The van der Waals surface area contributed by atoms with Gasteiger partial charge in [0.2, 0.25) is 0 Å². The normalized spacial score (nSPS) is 12.1. The van der Waals surface area contributed by atoms with E-state index in [2.05, 4.69) is 25.9 Å². The number of pyridine rings is 2. The van der Waals surface area contributed by atoms with Crippen molar-refractivity contribution in [1.29, 1.82) is 0 Å². The molecular weight excluding hydrogens is 390 g/mol. The zero-order valence-electron chi connectivity index (χ0n) is 12.6. The van der Waals surface area contributed by atoms with E-state index in [1.165, 1.54) is 3.97 Å². The van der Waals surface area contributed by atoms with Gasteiger partial charge in [-0.25, -0.2) is 17.4 Å². The van der Waals surface area contributed by atoms with Gasteiger partial charge >= 0.3 is 0 Å². The van der Waals surface area contributed by atoms with Crippen LogP contribution in [0, 0.1) is 6.92 Å². The minimum Gasteiger partial charge on any atom is -0.264 e. The van der Waals surface area contributed by atoms with Crippen molar-refractivity contribution in [3.63, 3.8) is 0 Å². The van der Waals surface area contributed by atoms with Crippen LogP contribution in [0.15, 0.2) is 64.4 Å². The summed E-state index contributed by atoms with van der Waals surface area (Å²) in [6, 6.07) is 12.1. The fourth-order valence-corrected chi connectivity index (χ4v) is 4.51. The number of benzene rings is 1. The molecule has 24 heavy (non-hydrogen) atoms. The fourth-order valence-electron chi connectivity index (χ4n) is 2.74. The first-order chi connectivity index (χ1) is 11.5. The Morgan fingerprint density at radius 3 is 2.50 bits per heavy atom. The number of aromatic nitrogens is 3. The van der Waals surface area contributed by atoms with Crippen LogP contribution >= 0.6 is 15.9 Å². The van der Waals surface area contributed by atoms with Crippen molar-refractivity contribution in [2.24, 2.45) is 0 Å². The van der Waals surface area contributed by atoms with E-state index in [4.69, 9.17) is 0 Å². The Morgan fingerprint density at radius 1 is 1.00 bits per heavy atom. The van der Waals surface area contributed by atoms with E-state index in [1.807, 2.05) is 13.0 Å². The van der Waals surface area contributed by atoms with Gasteiger partial charge < -0.3 is 0 Å². The van der Waals surface area contributed by atoms with E-state index >= 15 is 0 Å². The average Bonchev–Trinajstić information content (AvgIpc) is 2.89. The van der Waals surface area contributed by atoms with Gasteiger partial charge in [-0.15, -0.1) is 0 Å². The molecule has 3 aromatic heterocycles. The monoisotopic (exact) mass is 401 g/mol. The second-order valence-corrected chi connectivity index (χ2v) is 8.08. The van der Waals surface area contributed by atoms with Crippen LogP contribution in [0.2, 0.25) is 0 Å².